The minimum absolute atomic E-state index is 0.300. The van der Waals surface area contributed by atoms with Gasteiger partial charge in [-0.25, -0.2) is 19.5 Å². The van der Waals surface area contributed by atoms with Crippen molar-refractivity contribution in [2.45, 2.75) is 24.9 Å². The van der Waals surface area contributed by atoms with Crippen molar-refractivity contribution in [1.29, 1.82) is 0 Å². The van der Waals surface area contributed by atoms with Gasteiger partial charge in [0.05, 0.1) is 11.7 Å². The summed E-state index contributed by atoms with van der Waals surface area (Å²) in [5, 5.41) is 8.90. The lowest BCUT2D eigenvalue weighted by atomic mass is 9.88. The summed E-state index contributed by atoms with van der Waals surface area (Å²) in [7, 11) is 0. The largest absolute Gasteiger partial charge is 0.350 e. The number of hydrogen-bond acceptors (Lipinski definition) is 6. The zero-order chi connectivity index (χ0) is 16.8. The van der Waals surface area contributed by atoms with Gasteiger partial charge in [0.1, 0.15) is 0 Å². The summed E-state index contributed by atoms with van der Waals surface area (Å²) in [5.74, 6) is 0.632. The first-order valence-electron chi connectivity index (χ1n) is 8.34. The molecule has 0 bridgehead atoms. The molecule has 1 aliphatic rings. The number of rotatable bonds is 3. The van der Waals surface area contributed by atoms with Crippen molar-refractivity contribution in [3.8, 4) is 11.1 Å². The van der Waals surface area contributed by atoms with Crippen molar-refractivity contribution in [3.63, 3.8) is 0 Å². The van der Waals surface area contributed by atoms with E-state index in [1.165, 1.54) is 0 Å². The van der Waals surface area contributed by atoms with Crippen LogP contribution in [-0.2, 0) is 0 Å². The van der Waals surface area contributed by atoms with Crippen LogP contribution in [0.5, 0.6) is 0 Å². The van der Waals surface area contributed by atoms with Crippen molar-refractivity contribution in [2.24, 2.45) is 5.73 Å². The van der Waals surface area contributed by atoms with Gasteiger partial charge in [0.2, 0.25) is 5.95 Å². The van der Waals surface area contributed by atoms with Gasteiger partial charge in [-0.05, 0) is 37.1 Å². The van der Waals surface area contributed by atoms with Crippen molar-refractivity contribution in [1.82, 2.24) is 24.6 Å². The fourth-order valence-corrected chi connectivity index (χ4v) is 3.29. The lowest BCUT2D eigenvalue weighted by Crippen LogP contribution is -2.44. The molecule has 1 fully saturated rings. The van der Waals surface area contributed by atoms with E-state index < -0.39 is 0 Å². The zero-order valence-electron chi connectivity index (χ0n) is 13.5. The molecule has 7 nitrogen and oxygen atoms in total. The Morgan fingerprint density at radius 3 is 2.92 bits per heavy atom. The number of nitrogens with zero attached hydrogens (tertiary/aromatic N) is 5. The molecule has 0 radical (unpaired) electrons. The summed E-state index contributed by atoms with van der Waals surface area (Å²) >= 11 is 0. The van der Waals surface area contributed by atoms with Gasteiger partial charge < -0.3 is 11.1 Å². The van der Waals surface area contributed by atoms with E-state index in [2.05, 4.69) is 31.4 Å². The fraction of sp³-hybridized carbons (Fsp3) is 0.222. The molecule has 124 valence electrons. The van der Waals surface area contributed by atoms with Crippen LogP contribution in [-0.4, -0.2) is 36.6 Å². The second-order valence-electron chi connectivity index (χ2n) is 6.49. The summed E-state index contributed by atoms with van der Waals surface area (Å²) in [4.78, 5) is 13.2. The number of pyridine rings is 2. The number of nitrogens with two attached hydrogens (primary N) is 1. The molecule has 3 N–H and O–H groups in total. The average molecular weight is 331 g/mol. The summed E-state index contributed by atoms with van der Waals surface area (Å²) < 4.78 is 1.84. The van der Waals surface area contributed by atoms with Crippen LogP contribution < -0.4 is 11.1 Å². The maximum atomic E-state index is 5.82. The fourth-order valence-electron chi connectivity index (χ4n) is 3.29. The number of hydrogen-bond donors (Lipinski definition) is 2. The highest BCUT2D eigenvalue weighted by Crippen LogP contribution is 2.27. The molecule has 1 saturated carbocycles. The van der Waals surface area contributed by atoms with Crippen LogP contribution in [0.2, 0.25) is 0 Å². The average Bonchev–Trinajstić information content (AvgIpc) is 3.03. The molecule has 5 rings (SSSR count). The van der Waals surface area contributed by atoms with Crippen molar-refractivity contribution < 1.29 is 0 Å². The predicted molar refractivity (Wildman–Crippen MR) is 96.1 cm³/mol. The van der Waals surface area contributed by atoms with Gasteiger partial charge in [-0.3, -0.25) is 0 Å². The van der Waals surface area contributed by atoms with Gasteiger partial charge in [-0.2, -0.15) is 0 Å². The molecular formula is C18H17N7. The second kappa shape index (κ2) is 5.49. The van der Waals surface area contributed by atoms with Crippen LogP contribution in [0, 0.1) is 0 Å². The third-order valence-corrected chi connectivity index (χ3v) is 4.69. The molecule has 4 heterocycles. The van der Waals surface area contributed by atoms with Crippen molar-refractivity contribution in [3.05, 3.63) is 49.1 Å². The smallest absolute Gasteiger partial charge is 0.241 e. The summed E-state index contributed by atoms with van der Waals surface area (Å²) in [6, 6.07) is 8.73. The molecule has 25 heavy (non-hydrogen) atoms. The first-order valence-corrected chi connectivity index (χ1v) is 8.34. The topological polar surface area (TPSA) is 94.0 Å². The maximum Gasteiger partial charge on any atom is 0.241 e. The van der Waals surface area contributed by atoms with Gasteiger partial charge in [-0.1, -0.05) is 0 Å². The molecule has 7 heteroatoms. The lowest BCUT2D eigenvalue weighted by Gasteiger charge is -2.32. The van der Waals surface area contributed by atoms with Crippen LogP contribution in [0.1, 0.15) is 12.8 Å². The van der Waals surface area contributed by atoms with Crippen LogP contribution in [0.3, 0.4) is 0 Å². The summed E-state index contributed by atoms with van der Waals surface area (Å²) in [5.41, 5.74) is 9.59. The van der Waals surface area contributed by atoms with Crippen LogP contribution in [0.15, 0.2) is 49.1 Å². The molecule has 0 atom stereocenters. The Morgan fingerprint density at radius 1 is 1.12 bits per heavy atom. The number of anilines is 1. The highest BCUT2D eigenvalue weighted by molar-refractivity contribution is 5.86. The Bertz CT molecular complexity index is 1070. The molecule has 0 saturated heterocycles. The molecule has 0 aliphatic heterocycles. The first kappa shape index (κ1) is 14.3. The second-order valence-corrected chi connectivity index (χ2v) is 6.49. The van der Waals surface area contributed by atoms with E-state index in [0.717, 1.165) is 40.5 Å². The normalized spacial score (nSPS) is 19.9. The molecule has 0 spiro atoms. The molecule has 1 aliphatic carbocycles. The van der Waals surface area contributed by atoms with E-state index in [1.807, 2.05) is 41.3 Å². The Hall–Kier alpha value is -3.06. The maximum absolute atomic E-state index is 5.82. The summed E-state index contributed by atoms with van der Waals surface area (Å²) in [6.07, 6.45) is 9.31. The number of fused-ring (bicyclic) bond motifs is 2. The highest BCUT2D eigenvalue weighted by atomic mass is 15.3. The number of aromatic nitrogens is 5. The van der Waals surface area contributed by atoms with Gasteiger partial charge >= 0.3 is 0 Å². The quantitative estimate of drug-likeness (QED) is 0.598. The van der Waals surface area contributed by atoms with Gasteiger partial charge in [-0.15, -0.1) is 5.10 Å². The van der Waals surface area contributed by atoms with Crippen LogP contribution >= 0.6 is 0 Å². The Kier molecular flexibility index (Phi) is 3.14. The van der Waals surface area contributed by atoms with Gasteiger partial charge in [0, 0.05) is 47.2 Å². The van der Waals surface area contributed by atoms with Crippen LogP contribution in [0.25, 0.3) is 27.7 Å². The highest BCUT2D eigenvalue weighted by Gasteiger charge is 2.26. The van der Waals surface area contributed by atoms with E-state index in [0.29, 0.717) is 18.0 Å². The van der Waals surface area contributed by atoms with E-state index in [9.17, 15) is 0 Å². The summed E-state index contributed by atoms with van der Waals surface area (Å²) in [6.45, 7) is 0. The monoisotopic (exact) mass is 331 g/mol. The molecule has 0 amide bonds. The van der Waals surface area contributed by atoms with E-state index in [-0.39, 0.29) is 0 Å². The minimum atomic E-state index is 0.300. The molecular weight excluding hydrogens is 314 g/mol. The number of nitrogens with one attached hydrogen (secondary N) is 1. The molecule has 0 unspecified atom stereocenters. The third kappa shape index (κ3) is 2.49. The predicted octanol–water partition coefficient (Wildman–Crippen LogP) is 2.24. The Balaban J connectivity index is 1.50. The standard InChI is InChI=1S/C18H17N7/c19-13-7-14(8-13)23-18-22-10-16-15(3-5-25(16)24-18)12-6-11-2-1-4-20-17(11)21-9-12/h1-6,9-10,13-14H,7-8,19H2,(H,23,24). The molecule has 4 aromatic rings. The van der Waals surface area contributed by atoms with Gasteiger partial charge in [0.25, 0.3) is 0 Å². The lowest BCUT2D eigenvalue weighted by molar-refractivity contribution is 0.371. The Labute approximate surface area is 143 Å². The first-order chi connectivity index (χ1) is 12.3. The third-order valence-electron chi connectivity index (χ3n) is 4.69. The Morgan fingerprint density at radius 2 is 2.04 bits per heavy atom. The van der Waals surface area contributed by atoms with Crippen LogP contribution in [0.4, 0.5) is 5.95 Å². The molecule has 4 aromatic heterocycles. The SMILES string of the molecule is NC1CC(Nc2ncc3c(-c4cnc5ncccc5c4)ccn3n2)C1. The zero-order valence-corrected chi connectivity index (χ0v) is 13.5. The van der Waals surface area contributed by atoms with Crippen molar-refractivity contribution >= 4 is 22.5 Å². The van der Waals surface area contributed by atoms with Gasteiger partial charge in [0.15, 0.2) is 5.65 Å². The minimum Gasteiger partial charge on any atom is -0.350 e. The van der Waals surface area contributed by atoms with Crippen molar-refractivity contribution in [2.75, 3.05) is 5.32 Å². The van der Waals surface area contributed by atoms with E-state index >= 15 is 0 Å². The molecule has 0 aromatic carbocycles. The van der Waals surface area contributed by atoms with E-state index in [1.54, 1.807) is 6.20 Å². The van der Waals surface area contributed by atoms with E-state index in [4.69, 9.17) is 5.73 Å².